The van der Waals surface area contributed by atoms with Gasteiger partial charge in [-0.05, 0) is 13.3 Å². The van der Waals surface area contributed by atoms with E-state index < -0.39 is 0 Å². The zero-order valence-electron chi connectivity index (χ0n) is 12.1. The van der Waals surface area contributed by atoms with Crippen LogP contribution in [0.2, 0.25) is 0 Å². The minimum Gasteiger partial charge on any atom is -0.383 e. The van der Waals surface area contributed by atoms with E-state index in [4.69, 9.17) is 10.6 Å². The molecule has 1 heterocycles. The Morgan fingerprint density at radius 1 is 1.63 bits per heavy atom. The molecule has 0 fully saturated rings. The molecule has 0 aromatic carbocycles. The molecule has 0 aliphatic carbocycles. The van der Waals surface area contributed by atoms with Gasteiger partial charge in [0.05, 0.1) is 18.8 Å². The SMILES string of the molecule is CCc1nn(C)cc1CN=C(NN)NC(C)COC. The predicted molar refractivity (Wildman–Crippen MR) is 75.5 cm³/mol. The van der Waals surface area contributed by atoms with Crippen LogP contribution in [0, 0.1) is 0 Å². The number of rotatable bonds is 6. The maximum absolute atomic E-state index is 5.45. The van der Waals surface area contributed by atoms with Gasteiger partial charge in [-0.25, -0.2) is 10.8 Å². The van der Waals surface area contributed by atoms with Crippen molar-refractivity contribution in [2.75, 3.05) is 13.7 Å². The molecule has 0 spiro atoms. The smallest absolute Gasteiger partial charge is 0.206 e. The Morgan fingerprint density at radius 2 is 2.37 bits per heavy atom. The van der Waals surface area contributed by atoms with Gasteiger partial charge in [0, 0.05) is 32.0 Å². The summed E-state index contributed by atoms with van der Waals surface area (Å²) in [5.41, 5.74) is 4.73. The minimum atomic E-state index is 0.138. The van der Waals surface area contributed by atoms with Crippen LogP contribution in [0.3, 0.4) is 0 Å². The second-order valence-electron chi connectivity index (χ2n) is 4.44. The van der Waals surface area contributed by atoms with E-state index in [1.165, 1.54) is 0 Å². The molecule has 108 valence electrons. The van der Waals surface area contributed by atoms with Crippen LogP contribution in [0.25, 0.3) is 0 Å². The molecule has 0 radical (unpaired) electrons. The van der Waals surface area contributed by atoms with Crippen LogP contribution in [0.5, 0.6) is 0 Å². The van der Waals surface area contributed by atoms with Crippen molar-refractivity contribution in [1.29, 1.82) is 0 Å². The molecular formula is C12H24N6O. The molecule has 1 rings (SSSR count). The molecule has 1 unspecified atom stereocenters. The number of aliphatic imine (C=N–C) groups is 1. The lowest BCUT2D eigenvalue weighted by Crippen LogP contribution is -2.46. The van der Waals surface area contributed by atoms with E-state index in [1.54, 1.807) is 11.8 Å². The Kier molecular flexibility index (Phi) is 6.31. The number of aryl methyl sites for hydroxylation is 2. The summed E-state index contributed by atoms with van der Waals surface area (Å²) in [6, 6.07) is 0.138. The summed E-state index contributed by atoms with van der Waals surface area (Å²) < 4.78 is 6.86. The lowest BCUT2D eigenvalue weighted by molar-refractivity contribution is 0.179. The van der Waals surface area contributed by atoms with Crippen molar-refractivity contribution in [3.05, 3.63) is 17.5 Å². The maximum Gasteiger partial charge on any atom is 0.206 e. The quantitative estimate of drug-likeness (QED) is 0.291. The third-order valence-corrected chi connectivity index (χ3v) is 2.67. The van der Waals surface area contributed by atoms with Gasteiger partial charge >= 0.3 is 0 Å². The molecule has 1 atom stereocenters. The second-order valence-corrected chi connectivity index (χ2v) is 4.44. The summed E-state index contributed by atoms with van der Waals surface area (Å²) in [4.78, 5) is 4.42. The highest BCUT2D eigenvalue weighted by atomic mass is 16.5. The standard InChI is InChI=1S/C12H24N6O/c1-5-11-10(7-18(3)17-11)6-14-12(16-13)15-9(2)8-19-4/h7,9H,5-6,8,13H2,1-4H3,(H2,14,15,16). The maximum atomic E-state index is 5.45. The van der Waals surface area contributed by atoms with Crippen molar-refractivity contribution in [2.24, 2.45) is 17.9 Å². The first kappa shape index (κ1) is 15.5. The molecule has 0 aliphatic heterocycles. The van der Waals surface area contributed by atoms with Gasteiger partial charge in [-0.1, -0.05) is 6.92 Å². The Hall–Kier alpha value is -1.60. The van der Waals surface area contributed by atoms with Crippen LogP contribution in [-0.4, -0.2) is 35.5 Å². The van der Waals surface area contributed by atoms with E-state index in [0.717, 1.165) is 17.7 Å². The van der Waals surface area contributed by atoms with E-state index in [-0.39, 0.29) is 6.04 Å². The topological polar surface area (TPSA) is 89.5 Å². The number of hydrazine groups is 1. The van der Waals surface area contributed by atoms with Crippen molar-refractivity contribution in [3.8, 4) is 0 Å². The van der Waals surface area contributed by atoms with Gasteiger partial charge in [0.2, 0.25) is 5.96 Å². The Morgan fingerprint density at radius 3 is 2.95 bits per heavy atom. The number of guanidine groups is 1. The van der Waals surface area contributed by atoms with Gasteiger partial charge in [0.1, 0.15) is 0 Å². The third kappa shape index (κ3) is 4.88. The number of nitrogens with zero attached hydrogens (tertiary/aromatic N) is 3. The summed E-state index contributed by atoms with van der Waals surface area (Å²) >= 11 is 0. The van der Waals surface area contributed by atoms with E-state index >= 15 is 0 Å². The van der Waals surface area contributed by atoms with Crippen molar-refractivity contribution in [2.45, 2.75) is 32.9 Å². The van der Waals surface area contributed by atoms with Crippen molar-refractivity contribution >= 4 is 5.96 Å². The Balaban J connectivity index is 2.65. The van der Waals surface area contributed by atoms with Crippen LogP contribution in [0.15, 0.2) is 11.2 Å². The van der Waals surface area contributed by atoms with Gasteiger partial charge in [-0.15, -0.1) is 0 Å². The van der Waals surface area contributed by atoms with Crippen LogP contribution >= 0.6 is 0 Å². The lowest BCUT2D eigenvalue weighted by Gasteiger charge is -2.15. The number of ether oxygens (including phenoxy) is 1. The highest BCUT2D eigenvalue weighted by Crippen LogP contribution is 2.08. The lowest BCUT2D eigenvalue weighted by atomic mass is 10.2. The van der Waals surface area contributed by atoms with Crippen molar-refractivity contribution in [1.82, 2.24) is 20.5 Å². The first-order valence-corrected chi connectivity index (χ1v) is 6.38. The number of hydrogen-bond donors (Lipinski definition) is 3. The Bertz CT molecular complexity index is 414. The van der Waals surface area contributed by atoms with Gasteiger partial charge in [-0.3, -0.25) is 10.1 Å². The molecule has 0 saturated heterocycles. The summed E-state index contributed by atoms with van der Waals surface area (Å²) in [5.74, 6) is 6.00. The highest BCUT2D eigenvalue weighted by molar-refractivity contribution is 5.79. The van der Waals surface area contributed by atoms with E-state index in [0.29, 0.717) is 19.1 Å². The van der Waals surface area contributed by atoms with E-state index in [2.05, 4.69) is 27.8 Å². The number of methoxy groups -OCH3 is 1. The van der Waals surface area contributed by atoms with Gasteiger partial charge in [-0.2, -0.15) is 5.10 Å². The zero-order valence-corrected chi connectivity index (χ0v) is 12.1. The van der Waals surface area contributed by atoms with Gasteiger partial charge in [0.25, 0.3) is 0 Å². The average Bonchev–Trinajstić information content (AvgIpc) is 2.75. The van der Waals surface area contributed by atoms with Crippen LogP contribution in [0.1, 0.15) is 25.1 Å². The molecular weight excluding hydrogens is 244 g/mol. The molecule has 0 saturated carbocycles. The van der Waals surface area contributed by atoms with Gasteiger partial charge < -0.3 is 10.1 Å². The van der Waals surface area contributed by atoms with E-state index in [1.807, 2.05) is 20.2 Å². The van der Waals surface area contributed by atoms with Gasteiger partial charge in [0.15, 0.2) is 0 Å². The summed E-state index contributed by atoms with van der Waals surface area (Å²) in [6.45, 7) is 5.21. The zero-order chi connectivity index (χ0) is 14.3. The molecule has 0 bridgehead atoms. The van der Waals surface area contributed by atoms with Crippen LogP contribution in [0.4, 0.5) is 0 Å². The van der Waals surface area contributed by atoms with Crippen LogP contribution < -0.4 is 16.6 Å². The summed E-state index contributed by atoms with van der Waals surface area (Å²) in [5, 5.41) is 7.52. The third-order valence-electron chi connectivity index (χ3n) is 2.67. The fourth-order valence-corrected chi connectivity index (χ4v) is 1.84. The number of nitrogens with one attached hydrogen (secondary N) is 2. The van der Waals surface area contributed by atoms with Crippen molar-refractivity contribution < 1.29 is 4.74 Å². The summed E-state index contributed by atoms with van der Waals surface area (Å²) in [7, 11) is 3.57. The number of nitrogens with two attached hydrogens (primary N) is 1. The fourth-order valence-electron chi connectivity index (χ4n) is 1.84. The average molecular weight is 268 g/mol. The highest BCUT2D eigenvalue weighted by Gasteiger charge is 2.07. The molecule has 4 N–H and O–H groups in total. The first-order chi connectivity index (χ1) is 9.10. The second kappa shape index (κ2) is 7.75. The molecule has 7 heteroatoms. The monoisotopic (exact) mass is 268 g/mol. The normalized spacial score (nSPS) is 13.4. The molecule has 19 heavy (non-hydrogen) atoms. The molecule has 0 amide bonds. The summed E-state index contributed by atoms with van der Waals surface area (Å²) in [6.07, 6.45) is 2.87. The largest absolute Gasteiger partial charge is 0.383 e. The Labute approximate surface area is 114 Å². The first-order valence-electron chi connectivity index (χ1n) is 6.38. The number of aromatic nitrogens is 2. The molecule has 7 nitrogen and oxygen atoms in total. The minimum absolute atomic E-state index is 0.138. The predicted octanol–water partition coefficient (Wildman–Crippen LogP) is -0.0737. The van der Waals surface area contributed by atoms with Crippen LogP contribution in [-0.2, 0) is 24.8 Å². The fraction of sp³-hybridized carbons (Fsp3) is 0.667. The molecule has 0 aliphatic rings. The molecule has 1 aromatic heterocycles. The number of hydrogen-bond acceptors (Lipinski definition) is 4. The van der Waals surface area contributed by atoms with Crippen molar-refractivity contribution in [3.63, 3.8) is 0 Å². The van der Waals surface area contributed by atoms with E-state index in [9.17, 15) is 0 Å². The molecule has 1 aromatic rings.